The lowest BCUT2D eigenvalue weighted by atomic mass is 9.67. The number of likely N-dealkylation sites (N-methyl/N-ethyl adjacent to an activating group) is 1. The van der Waals surface area contributed by atoms with Crippen LogP contribution in [0.15, 0.2) is 41.1 Å². The molecule has 1 aliphatic carbocycles. The first kappa shape index (κ1) is 20.0. The first-order valence-corrected chi connectivity index (χ1v) is 11.2. The van der Waals surface area contributed by atoms with Crippen molar-refractivity contribution in [3.63, 3.8) is 0 Å². The van der Waals surface area contributed by atoms with Gasteiger partial charge in [-0.1, -0.05) is 37.5 Å². The van der Waals surface area contributed by atoms with Gasteiger partial charge in [-0.15, -0.1) is 0 Å². The SMILES string of the molecule is CN(C)C(=O)CN1c2ccccc2C(C2CCCCC2)C1(C(=O)O)c1ccsc1. The highest BCUT2D eigenvalue weighted by Crippen LogP contribution is 2.58. The molecular weight excluding hydrogens is 384 g/mol. The van der Waals surface area contributed by atoms with E-state index in [0.29, 0.717) is 5.92 Å². The van der Waals surface area contributed by atoms with Gasteiger partial charge in [-0.3, -0.25) is 4.79 Å². The van der Waals surface area contributed by atoms with Crippen LogP contribution >= 0.6 is 11.3 Å². The van der Waals surface area contributed by atoms with E-state index in [2.05, 4.69) is 6.07 Å². The van der Waals surface area contributed by atoms with E-state index in [9.17, 15) is 14.7 Å². The molecule has 1 aromatic heterocycles. The summed E-state index contributed by atoms with van der Waals surface area (Å²) in [7, 11) is 3.44. The quantitative estimate of drug-likeness (QED) is 0.795. The maximum absolute atomic E-state index is 13.1. The van der Waals surface area contributed by atoms with Gasteiger partial charge in [-0.2, -0.15) is 11.3 Å². The van der Waals surface area contributed by atoms with Crippen molar-refractivity contribution in [2.45, 2.75) is 43.6 Å². The zero-order chi connectivity index (χ0) is 20.6. The largest absolute Gasteiger partial charge is 0.479 e. The first-order chi connectivity index (χ1) is 14.0. The molecule has 29 heavy (non-hydrogen) atoms. The van der Waals surface area contributed by atoms with Gasteiger partial charge in [0.15, 0.2) is 5.54 Å². The van der Waals surface area contributed by atoms with Crippen molar-refractivity contribution < 1.29 is 14.7 Å². The summed E-state index contributed by atoms with van der Waals surface area (Å²) in [4.78, 5) is 29.3. The molecule has 0 spiro atoms. The Kier molecular flexibility index (Phi) is 5.38. The molecule has 2 unspecified atom stereocenters. The molecule has 1 saturated carbocycles. The number of thiophene rings is 1. The Morgan fingerprint density at radius 1 is 1.17 bits per heavy atom. The number of carboxylic acids is 1. The number of nitrogens with zero attached hydrogens (tertiary/aromatic N) is 2. The molecule has 2 atom stereocenters. The number of aliphatic carboxylic acids is 1. The van der Waals surface area contributed by atoms with Crippen LogP contribution in [-0.2, 0) is 15.1 Å². The summed E-state index contributed by atoms with van der Waals surface area (Å²) in [5, 5.41) is 14.7. The highest BCUT2D eigenvalue weighted by atomic mass is 32.1. The summed E-state index contributed by atoms with van der Waals surface area (Å²) >= 11 is 1.51. The molecule has 1 aliphatic heterocycles. The van der Waals surface area contributed by atoms with Crippen LogP contribution in [0, 0.1) is 5.92 Å². The van der Waals surface area contributed by atoms with E-state index in [0.717, 1.165) is 42.5 Å². The van der Waals surface area contributed by atoms with Crippen LogP contribution in [0.1, 0.15) is 49.1 Å². The monoisotopic (exact) mass is 412 g/mol. The Labute approximate surface area is 175 Å². The van der Waals surface area contributed by atoms with Crippen molar-refractivity contribution >= 4 is 28.9 Å². The molecular formula is C23H28N2O3S. The van der Waals surface area contributed by atoms with Crippen LogP contribution in [0.5, 0.6) is 0 Å². The summed E-state index contributed by atoms with van der Waals surface area (Å²) < 4.78 is 0. The van der Waals surface area contributed by atoms with E-state index < -0.39 is 11.5 Å². The van der Waals surface area contributed by atoms with Crippen molar-refractivity contribution in [3.8, 4) is 0 Å². The van der Waals surface area contributed by atoms with E-state index >= 15 is 0 Å². The third kappa shape index (κ3) is 3.14. The van der Waals surface area contributed by atoms with E-state index in [4.69, 9.17) is 0 Å². The molecule has 1 amide bonds. The third-order valence-electron chi connectivity index (χ3n) is 6.64. The standard InChI is InChI=1S/C23H28N2O3S/c1-24(2)20(26)14-25-19-11-7-6-10-18(19)21(16-8-4-3-5-9-16)23(25,22(27)28)17-12-13-29-15-17/h6-7,10-13,15-16,21H,3-5,8-9,14H2,1-2H3,(H,27,28). The number of para-hydroxylation sites is 1. The molecule has 2 aromatic rings. The lowest BCUT2D eigenvalue weighted by molar-refractivity contribution is -0.145. The van der Waals surface area contributed by atoms with Gasteiger partial charge in [-0.05, 0) is 47.2 Å². The second-order valence-electron chi connectivity index (χ2n) is 8.39. The highest BCUT2D eigenvalue weighted by Gasteiger charge is 2.60. The first-order valence-electron chi connectivity index (χ1n) is 10.3. The number of carbonyl (C=O) groups excluding carboxylic acids is 1. The van der Waals surface area contributed by atoms with Gasteiger partial charge in [0, 0.05) is 31.3 Å². The average molecular weight is 413 g/mol. The van der Waals surface area contributed by atoms with Crippen molar-refractivity contribution in [1.29, 1.82) is 0 Å². The molecule has 1 N–H and O–H groups in total. The van der Waals surface area contributed by atoms with Crippen LogP contribution in [0.2, 0.25) is 0 Å². The summed E-state index contributed by atoms with van der Waals surface area (Å²) in [6.07, 6.45) is 5.56. The maximum atomic E-state index is 13.1. The van der Waals surface area contributed by atoms with E-state index in [1.807, 2.05) is 39.9 Å². The number of rotatable bonds is 5. The van der Waals surface area contributed by atoms with Gasteiger partial charge < -0.3 is 14.9 Å². The smallest absolute Gasteiger partial charge is 0.334 e. The molecule has 6 heteroatoms. The highest BCUT2D eigenvalue weighted by molar-refractivity contribution is 7.08. The lowest BCUT2D eigenvalue weighted by Crippen LogP contribution is -2.56. The second kappa shape index (κ2) is 7.82. The number of benzene rings is 1. The minimum atomic E-state index is -1.25. The lowest BCUT2D eigenvalue weighted by Gasteiger charge is -2.43. The van der Waals surface area contributed by atoms with Gasteiger partial charge in [0.25, 0.3) is 0 Å². The molecule has 2 heterocycles. The fourth-order valence-corrected chi connectivity index (χ4v) is 6.03. The number of carbonyl (C=O) groups is 2. The molecule has 0 bridgehead atoms. The average Bonchev–Trinajstić information content (AvgIpc) is 3.34. The second-order valence-corrected chi connectivity index (χ2v) is 9.17. The van der Waals surface area contributed by atoms with E-state index in [1.165, 1.54) is 22.7 Å². The third-order valence-corrected chi connectivity index (χ3v) is 7.32. The molecule has 154 valence electrons. The minimum absolute atomic E-state index is 0.0510. The molecule has 4 rings (SSSR count). The Balaban J connectivity index is 1.94. The van der Waals surface area contributed by atoms with Gasteiger partial charge in [0.1, 0.15) is 0 Å². The van der Waals surface area contributed by atoms with Crippen LogP contribution < -0.4 is 4.90 Å². The molecule has 1 fully saturated rings. The van der Waals surface area contributed by atoms with E-state index in [1.54, 1.807) is 14.1 Å². The normalized spacial score (nSPS) is 24.3. The number of hydrogen-bond acceptors (Lipinski definition) is 4. The summed E-state index contributed by atoms with van der Waals surface area (Å²) in [6.45, 7) is 0.0510. The molecule has 5 nitrogen and oxygen atoms in total. The zero-order valence-corrected chi connectivity index (χ0v) is 17.8. The number of carboxylic acid groups (broad SMARTS) is 1. The Morgan fingerprint density at radius 3 is 2.52 bits per heavy atom. The topological polar surface area (TPSA) is 60.9 Å². The van der Waals surface area contributed by atoms with Gasteiger partial charge in [0.2, 0.25) is 5.91 Å². The predicted molar refractivity (Wildman–Crippen MR) is 115 cm³/mol. The van der Waals surface area contributed by atoms with Gasteiger partial charge in [0.05, 0.1) is 6.54 Å². The molecule has 1 aromatic carbocycles. The number of amides is 1. The maximum Gasteiger partial charge on any atom is 0.334 e. The number of hydrogen-bond donors (Lipinski definition) is 1. The number of fused-ring (bicyclic) bond motifs is 1. The Morgan fingerprint density at radius 2 is 1.90 bits per heavy atom. The van der Waals surface area contributed by atoms with Crippen molar-refractivity contribution in [1.82, 2.24) is 4.90 Å². The van der Waals surface area contributed by atoms with Crippen molar-refractivity contribution in [2.75, 3.05) is 25.5 Å². The van der Waals surface area contributed by atoms with Crippen LogP contribution in [0.4, 0.5) is 5.69 Å². The van der Waals surface area contributed by atoms with Gasteiger partial charge in [-0.25, -0.2) is 4.79 Å². The molecule has 2 aliphatic rings. The summed E-state index contributed by atoms with van der Waals surface area (Å²) in [5.74, 6) is -0.833. The summed E-state index contributed by atoms with van der Waals surface area (Å²) in [6, 6.07) is 9.90. The minimum Gasteiger partial charge on any atom is -0.479 e. The Bertz CT molecular complexity index is 889. The number of anilines is 1. The van der Waals surface area contributed by atoms with Crippen LogP contribution in [0.3, 0.4) is 0 Å². The fraction of sp³-hybridized carbons (Fsp3) is 0.478. The van der Waals surface area contributed by atoms with Crippen LogP contribution in [-0.4, -0.2) is 42.5 Å². The predicted octanol–water partition coefficient (Wildman–Crippen LogP) is 4.30. The van der Waals surface area contributed by atoms with Crippen molar-refractivity contribution in [2.24, 2.45) is 5.92 Å². The molecule has 0 radical (unpaired) electrons. The zero-order valence-electron chi connectivity index (χ0n) is 17.0. The molecule has 0 saturated heterocycles. The fourth-order valence-electron chi connectivity index (χ4n) is 5.32. The van der Waals surface area contributed by atoms with E-state index in [-0.39, 0.29) is 18.4 Å². The Hall–Kier alpha value is -2.34. The summed E-state index contributed by atoms with van der Waals surface area (Å²) in [5.41, 5.74) is 1.48. The van der Waals surface area contributed by atoms with Gasteiger partial charge >= 0.3 is 5.97 Å². The van der Waals surface area contributed by atoms with Crippen LogP contribution in [0.25, 0.3) is 0 Å². The van der Waals surface area contributed by atoms with Crippen molar-refractivity contribution in [3.05, 3.63) is 52.2 Å².